The molecule has 0 unspecified atom stereocenters. The molecule has 0 N–H and O–H groups in total. The Balaban J connectivity index is 0. The Hall–Kier alpha value is 5.84. The maximum absolute atomic E-state index is 0. The van der Waals surface area contributed by atoms with E-state index in [-0.39, 0.29) is 181 Å². The largest absolute Gasteiger partial charge is 0 e. The van der Waals surface area contributed by atoms with Gasteiger partial charge < -0.3 is 0 Å². The van der Waals surface area contributed by atoms with Crippen molar-refractivity contribution in [3.8, 4) is 0 Å². The van der Waals surface area contributed by atoms with Gasteiger partial charge >= 0.3 is 0 Å². The summed E-state index contributed by atoms with van der Waals surface area (Å²) >= 11 is 0. The fourth-order valence-electron chi connectivity index (χ4n) is 0. The van der Waals surface area contributed by atoms with Gasteiger partial charge in [0.25, 0.3) is 0 Å². The first-order chi connectivity index (χ1) is 0. The molecule has 0 aromatic heterocycles. The summed E-state index contributed by atoms with van der Waals surface area (Å²) in [7, 11) is 0. The van der Waals surface area contributed by atoms with Crippen LogP contribution >= 0.6 is 0 Å². The van der Waals surface area contributed by atoms with E-state index in [2.05, 4.69) is 0 Å². The van der Waals surface area contributed by atoms with Crippen LogP contribution < -0.4 is 0 Å². The van der Waals surface area contributed by atoms with E-state index in [1.807, 2.05) is 0 Å². The molecule has 0 heterocycles. The van der Waals surface area contributed by atoms with E-state index in [9.17, 15) is 0 Å². The van der Waals surface area contributed by atoms with E-state index in [1.165, 1.54) is 0 Å². The third-order valence-corrected chi connectivity index (χ3v) is 0. The van der Waals surface area contributed by atoms with Gasteiger partial charge in [-0.15, -0.1) is 0 Å². The summed E-state index contributed by atoms with van der Waals surface area (Å²) in [6.07, 6.45) is 0. The summed E-state index contributed by atoms with van der Waals surface area (Å²) in [4.78, 5) is 0. The van der Waals surface area contributed by atoms with E-state index in [0.717, 1.165) is 0 Å². The Kier molecular flexibility index (Phi) is 619. The van der Waals surface area contributed by atoms with Crippen molar-refractivity contribution in [2.45, 2.75) is 0 Å². The third kappa shape index (κ3) is 56.9. The SMILES string of the molecule is [Ir].[Ir].[Ir].[Ir].[Ir].[Ir].[Ir].[Ir].[Ir]. The Morgan fingerprint density at radius 1 is 0.111 bits per heavy atom. The van der Waals surface area contributed by atoms with Crippen LogP contribution in [0.15, 0.2) is 0 Å². The second-order valence-electron chi connectivity index (χ2n) is 0. The fourth-order valence-corrected chi connectivity index (χ4v) is 0. The van der Waals surface area contributed by atoms with Crippen LogP contribution in [-0.2, 0) is 181 Å². The Morgan fingerprint density at radius 2 is 0.111 bits per heavy atom. The van der Waals surface area contributed by atoms with Crippen molar-refractivity contribution < 1.29 is 181 Å². The van der Waals surface area contributed by atoms with Crippen LogP contribution in [0.2, 0.25) is 0 Å². The zero-order chi connectivity index (χ0) is 0. The van der Waals surface area contributed by atoms with Crippen molar-refractivity contribution in [2.75, 3.05) is 0 Å². The normalized spacial score (nSPS) is 0. The molecule has 0 rings (SSSR count). The van der Waals surface area contributed by atoms with Crippen molar-refractivity contribution in [3.05, 3.63) is 0 Å². The molecule has 0 aliphatic heterocycles. The zero-order valence-corrected chi connectivity index (χ0v) is 24.6. The molecule has 9 heavy (non-hydrogen) atoms. The maximum Gasteiger partial charge on any atom is 0 e. The van der Waals surface area contributed by atoms with Gasteiger partial charge in [-0.3, -0.25) is 0 Å². The summed E-state index contributed by atoms with van der Waals surface area (Å²) in [5.74, 6) is 0. The first-order valence-electron chi connectivity index (χ1n) is 0. The van der Waals surface area contributed by atoms with Gasteiger partial charge in [0.15, 0.2) is 0 Å². The van der Waals surface area contributed by atoms with Gasteiger partial charge in [0.05, 0.1) is 0 Å². The molecule has 0 aliphatic carbocycles. The van der Waals surface area contributed by atoms with Crippen molar-refractivity contribution in [1.82, 2.24) is 0 Å². The van der Waals surface area contributed by atoms with Crippen LogP contribution in [0.25, 0.3) is 0 Å². The number of hydrogen-bond acceptors (Lipinski definition) is 0. The van der Waals surface area contributed by atoms with Gasteiger partial charge in [0.1, 0.15) is 0 Å². The zero-order valence-electron chi connectivity index (χ0n) is 3.00. The van der Waals surface area contributed by atoms with E-state index in [4.69, 9.17) is 0 Å². The van der Waals surface area contributed by atoms with Crippen molar-refractivity contribution in [1.29, 1.82) is 0 Å². The standard InChI is InChI=1S/9Ir. The summed E-state index contributed by atoms with van der Waals surface area (Å²) in [5, 5.41) is 0. The van der Waals surface area contributed by atoms with Crippen LogP contribution in [0, 0.1) is 0 Å². The Labute approximate surface area is 177 Å². The molecule has 0 aliphatic rings. The molecule has 0 nitrogen and oxygen atoms in total. The molecular weight excluding hydrogens is 1730 g/mol. The van der Waals surface area contributed by atoms with E-state index < -0.39 is 0 Å². The first-order valence-corrected chi connectivity index (χ1v) is 0. The monoisotopic (exact) mass is 1740 g/mol. The smallest absolute Gasteiger partial charge is 0 e. The molecule has 0 aromatic carbocycles. The molecule has 0 saturated carbocycles. The molecule has 0 aromatic rings. The maximum atomic E-state index is 0. The average Bonchev–Trinajstić information content (AvgIpc) is 0. The molecule has 81 valence electrons. The molecule has 0 atom stereocenters. The first kappa shape index (κ1) is 83.3. The van der Waals surface area contributed by atoms with E-state index >= 15 is 0 Å². The minimum absolute atomic E-state index is 0. The fraction of sp³-hybridized carbons (Fsp3) is 0. The van der Waals surface area contributed by atoms with Gasteiger partial charge in [0.2, 0.25) is 0 Å². The molecule has 0 amide bonds. The third-order valence-electron chi connectivity index (χ3n) is 0. The van der Waals surface area contributed by atoms with Gasteiger partial charge in [-0.1, -0.05) is 0 Å². The van der Waals surface area contributed by atoms with Gasteiger partial charge in [-0.05, 0) is 0 Å². The van der Waals surface area contributed by atoms with Crippen LogP contribution in [0.3, 0.4) is 0 Å². The molecule has 9 radical (unpaired) electrons. The molecule has 9 heteroatoms. The molecule has 0 bridgehead atoms. The van der Waals surface area contributed by atoms with Crippen LogP contribution in [0.5, 0.6) is 0 Å². The average molecular weight is 1730 g/mol. The van der Waals surface area contributed by atoms with Crippen LogP contribution in [-0.4, -0.2) is 0 Å². The van der Waals surface area contributed by atoms with Crippen molar-refractivity contribution in [2.24, 2.45) is 0 Å². The Bertz CT molecular complexity index is 0. The molecule has 0 saturated heterocycles. The quantitative estimate of drug-likeness (QED) is 0.321. The van der Waals surface area contributed by atoms with Crippen LogP contribution in [0.1, 0.15) is 0 Å². The molecule has 0 fully saturated rings. The van der Waals surface area contributed by atoms with Crippen LogP contribution in [0.4, 0.5) is 0 Å². The predicted octanol–water partition coefficient (Wildman–Crippen LogP) is -0.0225. The van der Waals surface area contributed by atoms with E-state index in [1.54, 1.807) is 0 Å². The van der Waals surface area contributed by atoms with Gasteiger partial charge in [0, 0.05) is 181 Å². The molecule has 0 spiro atoms. The van der Waals surface area contributed by atoms with Crippen molar-refractivity contribution in [3.63, 3.8) is 0 Å². The summed E-state index contributed by atoms with van der Waals surface area (Å²) in [6.45, 7) is 0. The second kappa shape index (κ2) is 66.9. The van der Waals surface area contributed by atoms with Gasteiger partial charge in [-0.25, -0.2) is 0 Å². The summed E-state index contributed by atoms with van der Waals surface area (Å²) in [6, 6.07) is 0. The number of hydrogen-bond donors (Lipinski definition) is 0. The predicted molar refractivity (Wildman–Crippen MR) is 0 cm³/mol. The summed E-state index contributed by atoms with van der Waals surface area (Å²) < 4.78 is 0. The van der Waals surface area contributed by atoms with Crippen molar-refractivity contribution >= 4 is 0 Å². The van der Waals surface area contributed by atoms with E-state index in [0.29, 0.717) is 0 Å². The van der Waals surface area contributed by atoms with Gasteiger partial charge in [-0.2, -0.15) is 0 Å². The minimum Gasteiger partial charge on any atom is 0 e. The second-order valence-corrected chi connectivity index (χ2v) is 0. The minimum atomic E-state index is 0. The number of rotatable bonds is 0. The summed E-state index contributed by atoms with van der Waals surface area (Å²) in [5.41, 5.74) is 0. The molecular formula is Ir9. The Morgan fingerprint density at radius 3 is 0.111 bits per heavy atom. The topological polar surface area (TPSA) is 0 Å².